The van der Waals surface area contributed by atoms with E-state index >= 15 is 0 Å². The number of nitrogens with one attached hydrogen (secondary N) is 1. The lowest BCUT2D eigenvalue weighted by molar-refractivity contribution is -0.0323. The van der Waals surface area contributed by atoms with E-state index < -0.39 is 0 Å². The van der Waals surface area contributed by atoms with Crippen LogP contribution in [-0.4, -0.2) is 58.5 Å². The molecule has 0 spiro atoms. The average molecular weight is 415 g/mol. The molecule has 154 valence electrons. The molecule has 3 heterocycles. The second-order valence-corrected chi connectivity index (χ2v) is 8.38. The Balaban J connectivity index is 1.62. The molecule has 7 nitrogen and oxygen atoms in total. The van der Waals surface area contributed by atoms with Crippen molar-refractivity contribution in [3.8, 4) is 0 Å². The standard InChI is InChI=1S/C21H26N4O3S/c1-14-15(11-24(2)23-14)12-25-8-10-28-17(13-25)19-16-5-3-4-6-18(16)29-20(19)21(27)22-7-9-26/h3-6,11,17,26H,7-10,12-13H2,1-2H3,(H,22,27). The maximum atomic E-state index is 12.8. The molecular weight excluding hydrogens is 388 g/mol. The van der Waals surface area contributed by atoms with Crippen LogP contribution in [0, 0.1) is 6.92 Å². The summed E-state index contributed by atoms with van der Waals surface area (Å²) in [6.45, 7) is 5.19. The average Bonchev–Trinajstić information content (AvgIpc) is 3.25. The van der Waals surface area contributed by atoms with Crippen molar-refractivity contribution in [2.45, 2.75) is 19.6 Å². The highest BCUT2D eigenvalue weighted by Gasteiger charge is 2.30. The van der Waals surface area contributed by atoms with Crippen molar-refractivity contribution in [3.05, 3.63) is 52.2 Å². The summed E-state index contributed by atoms with van der Waals surface area (Å²) < 4.78 is 9.06. The monoisotopic (exact) mass is 414 g/mol. The van der Waals surface area contributed by atoms with E-state index in [1.807, 2.05) is 36.9 Å². The zero-order valence-electron chi connectivity index (χ0n) is 16.7. The summed E-state index contributed by atoms with van der Waals surface area (Å²) in [6.07, 6.45) is 1.89. The van der Waals surface area contributed by atoms with Gasteiger partial charge in [-0.25, -0.2) is 0 Å². The van der Waals surface area contributed by atoms with Gasteiger partial charge in [0.1, 0.15) is 0 Å². The van der Waals surface area contributed by atoms with Crippen LogP contribution in [0.2, 0.25) is 0 Å². The molecule has 1 atom stereocenters. The van der Waals surface area contributed by atoms with Gasteiger partial charge in [0, 0.05) is 55.3 Å². The molecule has 4 rings (SSSR count). The fourth-order valence-corrected chi connectivity index (χ4v) is 5.04. The van der Waals surface area contributed by atoms with Crippen LogP contribution in [0.1, 0.15) is 32.6 Å². The molecule has 0 saturated carbocycles. The zero-order valence-corrected chi connectivity index (χ0v) is 17.5. The highest BCUT2D eigenvalue weighted by molar-refractivity contribution is 7.21. The first-order chi connectivity index (χ1) is 14.1. The van der Waals surface area contributed by atoms with Crippen molar-refractivity contribution in [2.24, 2.45) is 7.05 Å². The van der Waals surface area contributed by atoms with E-state index in [1.165, 1.54) is 16.9 Å². The molecule has 2 aromatic heterocycles. The predicted molar refractivity (Wildman–Crippen MR) is 113 cm³/mol. The molecule has 1 aromatic carbocycles. The minimum Gasteiger partial charge on any atom is -0.395 e. The molecule has 29 heavy (non-hydrogen) atoms. The van der Waals surface area contributed by atoms with Gasteiger partial charge >= 0.3 is 0 Å². The van der Waals surface area contributed by atoms with Crippen molar-refractivity contribution in [2.75, 3.05) is 32.8 Å². The molecule has 1 aliphatic heterocycles. The zero-order chi connectivity index (χ0) is 20.4. The van der Waals surface area contributed by atoms with Crippen LogP contribution in [0.4, 0.5) is 0 Å². The Morgan fingerprint density at radius 2 is 2.24 bits per heavy atom. The Morgan fingerprint density at radius 3 is 3.00 bits per heavy atom. The van der Waals surface area contributed by atoms with Gasteiger partial charge in [-0.2, -0.15) is 5.10 Å². The van der Waals surface area contributed by atoms with Crippen molar-refractivity contribution in [1.82, 2.24) is 20.0 Å². The quantitative estimate of drug-likeness (QED) is 0.647. The van der Waals surface area contributed by atoms with E-state index in [-0.39, 0.29) is 25.2 Å². The van der Waals surface area contributed by atoms with Crippen LogP contribution in [0.3, 0.4) is 0 Å². The number of ether oxygens (including phenoxy) is 1. The normalized spacial score (nSPS) is 17.7. The Morgan fingerprint density at radius 1 is 1.41 bits per heavy atom. The minimum absolute atomic E-state index is 0.0792. The third-order valence-corrected chi connectivity index (χ3v) is 6.40. The van der Waals surface area contributed by atoms with Gasteiger partial charge in [-0.1, -0.05) is 18.2 Å². The fraction of sp³-hybridized carbons (Fsp3) is 0.429. The Bertz CT molecular complexity index is 1010. The number of aromatic nitrogens is 2. The van der Waals surface area contributed by atoms with Crippen LogP contribution in [0.15, 0.2) is 30.5 Å². The molecule has 8 heteroatoms. The molecule has 0 bridgehead atoms. The first kappa shape index (κ1) is 20.0. The molecule has 1 unspecified atom stereocenters. The number of benzene rings is 1. The van der Waals surface area contributed by atoms with Crippen molar-refractivity contribution in [1.29, 1.82) is 0 Å². The Labute approximate surface area is 173 Å². The van der Waals surface area contributed by atoms with E-state index in [4.69, 9.17) is 9.84 Å². The van der Waals surface area contributed by atoms with Gasteiger partial charge in [-0.3, -0.25) is 14.4 Å². The van der Waals surface area contributed by atoms with Crippen molar-refractivity contribution < 1.29 is 14.6 Å². The van der Waals surface area contributed by atoms with Gasteiger partial charge < -0.3 is 15.2 Å². The maximum absolute atomic E-state index is 12.8. The van der Waals surface area contributed by atoms with E-state index in [0.717, 1.165) is 41.0 Å². The van der Waals surface area contributed by atoms with E-state index in [9.17, 15) is 4.79 Å². The maximum Gasteiger partial charge on any atom is 0.261 e. The molecule has 1 saturated heterocycles. The van der Waals surface area contributed by atoms with Crippen molar-refractivity contribution in [3.63, 3.8) is 0 Å². The molecule has 2 N–H and O–H groups in total. The molecule has 3 aromatic rings. The largest absolute Gasteiger partial charge is 0.395 e. The van der Waals surface area contributed by atoms with Gasteiger partial charge in [-0.15, -0.1) is 11.3 Å². The van der Waals surface area contributed by atoms with Gasteiger partial charge in [0.05, 0.1) is 29.9 Å². The molecule has 1 amide bonds. The van der Waals surface area contributed by atoms with Crippen LogP contribution in [0.5, 0.6) is 0 Å². The predicted octanol–water partition coefficient (Wildman–Crippen LogP) is 2.24. The topological polar surface area (TPSA) is 79.6 Å². The summed E-state index contributed by atoms with van der Waals surface area (Å²) in [7, 11) is 1.94. The van der Waals surface area contributed by atoms with E-state index in [2.05, 4.69) is 27.6 Å². The summed E-state index contributed by atoms with van der Waals surface area (Å²) in [6, 6.07) is 8.06. The number of morpholine rings is 1. The number of aryl methyl sites for hydroxylation is 2. The number of rotatable bonds is 6. The molecule has 1 fully saturated rings. The Kier molecular flexibility index (Phi) is 5.96. The van der Waals surface area contributed by atoms with Crippen molar-refractivity contribution >= 4 is 27.3 Å². The minimum atomic E-state index is -0.174. The van der Waals surface area contributed by atoms with Gasteiger partial charge in [-0.05, 0) is 18.4 Å². The highest BCUT2D eigenvalue weighted by Crippen LogP contribution is 2.38. The summed E-state index contributed by atoms with van der Waals surface area (Å²) in [4.78, 5) is 15.8. The number of nitrogens with zero attached hydrogens (tertiary/aromatic N) is 3. The highest BCUT2D eigenvalue weighted by atomic mass is 32.1. The molecule has 0 radical (unpaired) electrons. The van der Waals surface area contributed by atoms with Crippen LogP contribution in [-0.2, 0) is 18.3 Å². The summed E-state index contributed by atoms with van der Waals surface area (Å²) >= 11 is 1.48. The third kappa shape index (κ3) is 4.20. The molecule has 1 aliphatic rings. The van der Waals surface area contributed by atoms with E-state index in [1.54, 1.807) is 0 Å². The molecule has 0 aliphatic carbocycles. The number of thiophene rings is 1. The van der Waals surface area contributed by atoms with Gasteiger partial charge in [0.2, 0.25) is 0 Å². The number of hydrogen-bond donors (Lipinski definition) is 2. The number of hydrogen-bond acceptors (Lipinski definition) is 6. The third-order valence-electron chi connectivity index (χ3n) is 5.22. The van der Waals surface area contributed by atoms with Gasteiger partial charge in [0.15, 0.2) is 0 Å². The smallest absolute Gasteiger partial charge is 0.261 e. The first-order valence-corrected chi connectivity index (χ1v) is 10.6. The fourth-order valence-electron chi connectivity index (χ4n) is 3.87. The number of carbonyl (C=O) groups is 1. The second-order valence-electron chi connectivity index (χ2n) is 7.33. The lowest BCUT2D eigenvalue weighted by Crippen LogP contribution is -2.38. The number of aliphatic hydroxyl groups excluding tert-OH is 1. The number of carbonyl (C=O) groups excluding carboxylic acids is 1. The lowest BCUT2D eigenvalue weighted by atomic mass is 10.0. The Hall–Kier alpha value is -2.26. The second kappa shape index (κ2) is 8.62. The van der Waals surface area contributed by atoms with Crippen LogP contribution in [0.25, 0.3) is 10.1 Å². The SMILES string of the molecule is Cc1nn(C)cc1CN1CCOC(c2c(C(=O)NCCO)sc3ccccc23)C1. The molecular formula is C21H26N4O3S. The van der Waals surface area contributed by atoms with Crippen LogP contribution >= 0.6 is 11.3 Å². The number of amides is 1. The summed E-state index contributed by atoms with van der Waals surface area (Å²) in [5.74, 6) is -0.154. The first-order valence-electron chi connectivity index (χ1n) is 9.80. The van der Waals surface area contributed by atoms with E-state index in [0.29, 0.717) is 11.5 Å². The number of fused-ring (bicyclic) bond motifs is 1. The lowest BCUT2D eigenvalue weighted by Gasteiger charge is -2.33. The number of aliphatic hydroxyl groups is 1. The van der Waals surface area contributed by atoms with Crippen LogP contribution < -0.4 is 5.32 Å². The van der Waals surface area contributed by atoms with Gasteiger partial charge in [0.25, 0.3) is 5.91 Å². The summed E-state index contributed by atoms with van der Waals surface area (Å²) in [5, 5.41) is 17.4. The summed E-state index contributed by atoms with van der Waals surface area (Å²) in [5.41, 5.74) is 3.21.